The number of amides is 3. The van der Waals surface area contributed by atoms with Gasteiger partial charge in [0, 0.05) is 21.2 Å². The Bertz CT molecular complexity index is 1250. The normalized spacial score (nSPS) is 30.7. The number of carbonyl (C=O) groups excluding carboxylic acids is 4. The fraction of sp³-hybridized carbons (Fsp3) is 0.333. The van der Waals surface area contributed by atoms with Crippen molar-refractivity contribution in [1.82, 2.24) is 10.0 Å². The predicted molar refractivity (Wildman–Crippen MR) is 129 cm³/mol. The molecule has 0 radical (unpaired) electrons. The highest BCUT2D eigenvalue weighted by Gasteiger charge is 2.68. The fourth-order valence-corrected chi connectivity index (χ4v) is 6.54. The molecule has 7 atom stereocenters. The molecule has 6 nitrogen and oxygen atoms in total. The number of Topliss-reactive ketones (excluding diaryl/α,β-unsaturated/α-hetero) is 1. The molecule has 178 valence electrons. The van der Waals surface area contributed by atoms with Gasteiger partial charge in [-0.05, 0) is 85.5 Å². The van der Waals surface area contributed by atoms with Crippen molar-refractivity contribution in [3.63, 3.8) is 0 Å². The van der Waals surface area contributed by atoms with Crippen LogP contribution in [-0.2, 0) is 9.59 Å². The number of hydrazine groups is 1. The molecule has 5 aliphatic rings. The third kappa shape index (κ3) is 3.38. The van der Waals surface area contributed by atoms with Crippen molar-refractivity contribution in [1.29, 1.82) is 0 Å². The number of imide groups is 1. The van der Waals surface area contributed by atoms with Gasteiger partial charge in [0.1, 0.15) is 6.04 Å². The lowest BCUT2D eigenvalue weighted by molar-refractivity contribution is -0.156. The van der Waals surface area contributed by atoms with E-state index < -0.39 is 41.4 Å². The molecule has 8 heteroatoms. The summed E-state index contributed by atoms with van der Waals surface area (Å²) in [6.07, 6.45) is 5.18. The second-order valence-corrected chi connectivity index (χ2v) is 10.7. The average Bonchev–Trinajstić information content (AvgIpc) is 3.64. The Morgan fingerprint density at radius 3 is 1.77 bits per heavy atom. The first-order chi connectivity index (χ1) is 16.8. The smallest absolute Gasteiger partial charge is 0.273 e. The van der Waals surface area contributed by atoms with Crippen molar-refractivity contribution in [2.45, 2.75) is 19.4 Å². The van der Waals surface area contributed by atoms with Crippen molar-refractivity contribution in [2.75, 3.05) is 0 Å². The van der Waals surface area contributed by atoms with Crippen LogP contribution in [0.5, 0.6) is 0 Å². The molecule has 2 bridgehead atoms. The number of benzene rings is 2. The molecule has 35 heavy (non-hydrogen) atoms. The second kappa shape index (κ2) is 8.04. The minimum atomic E-state index is -1.10. The van der Waals surface area contributed by atoms with Gasteiger partial charge in [0.05, 0.1) is 11.8 Å². The topological polar surface area (TPSA) is 74.8 Å². The molecule has 0 N–H and O–H groups in total. The van der Waals surface area contributed by atoms with Crippen LogP contribution < -0.4 is 0 Å². The Morgan fingerprint density at radius 1 is 0.829 bits per heavy atom. The quantitative estimate of drug-likeness (QED) is 0.334. The molecular weight excluding hydrogens is 487 g/mol. The SMILES string of the molecule is C[C@H](C(=O)c1ccc(Cl)cc1)N(C(=O)c1ccc(Cl)cc1)N1C(=O)[C@@H]2[C@H]3C=C[C@@H]([C@@H]4C[C@H]34)[C@@H]2C1=O. The molecular formula is C27H22Cl2N2O4. The predicted octanol–water partition coefficient (Wildman–Crippen LogP) is 4.68. The van der Waals surface area contributed by atoms with Gasteiger partial charge >= 0.3 is 0 Å². The van der Waals surface area contributed by atoms with Crippen LogP contribution in [0.15, 0.2) is 60.7 Å². The van der Waals surface area contributed by atoms with Crippen LogP contribution >= 0.6 is 23.2 Å². The Morgan fingerprint density at radius 2 is 1.29 bits per heavy atom. The highest BCUT2D eigenvalue weighted by molar-refractivity contribution is 6.31. The first kappa shape index (κ1) is 22.5. The van der Waals surface area contributed by atoms with E-state index in [0.29, 0.717) is 27.4 Å². The van der Waals surface area contributed by atoms with Crippen LogP contribution in [0.25, 0.3) is 0 Å². The molecule has 0 unspecified atom stereocenters. The molecule has 2 aromatic carbocycles. The number of hydrogen-bond donors (Lipinski definition) is 0. The van der Waals surface area contributed by atoms with Gasteiger partial charge in [-0.2, -0.15) is 5.01 Å². The third-order valence-electron chi connectivity index (χ3n) is 8.03. The van der Waals surface area contributed by atoms with Crippen LogP contribution in [0.4, 0.5) is 0 Å². The van der Waals surface area contributed by atoms with Gasteiger partial charge in [0.2, 0.25) is 0 Å². The number of nitrogens with zero attached hydrogens (tertiary/aromatic N) is 2. The number of rotatable bonds is 5. The van der Waals surface area contributed by atoms with E-state index in [1.54, 1.807) is 36.4 Å². The minimum Gasteiger partial charge on any atom is -0.292 e. The number of hydrogen-bond acceptors (Lipinski definition) is 4. The summed E-state index contributed by atoms with van der Waals surface area (Å²) in [6, 6.07) is 11.4. The Labute approximate surface area is 212 Å². The number of allylic oxidation sites excluding steroid dienone is 2. The molecule has 0 aromatic heterocycles. The van der Waals surface area contributed by atoms with E-state index in [9.17, 15) is 19.2 Å². The summed E-state index contributed by atoms with van der Waals surface area (Å²) in [5.41, 5.74) is 0.555. The van der Waals surface area contributed by atoms with E-state index in [2.05, 4.69) is 12.2 Å². The minimum absolute atomic E-state index is 0.00575. The van der Waals surface area contributed by atoms with E-state index in [0.717, 1.165) is 16.4 Å². The molecule has 3 amide bonds. The van der Waals surface area contributed by atoms with Crippen molar-refractivity contribution >= 4 is 46.7 Å². The lowest BCUT2D eigenvalue weighted by atomic mass is 9.63. The molecule has 7 rings (SSSR count). The molecule has 3 fully saturated rings. The van der Waals surface area contributed by atoms with Crippen molar-refractivity contribution < 1.29 is 19.2 Å². The second-order valence-electron chi connectivity index (χ2n) is 9.85. The Hall–Kier alpha value is -2.96. The Kier molecular flexibility index (Phi) is 5.17. The molecule has 2 saturated carbocycles. The fourth-order valence-electron chi connectivity index (χ4n) is 6.28. The first-order valence-corrected chi connectivity index (χ1v) is 12.5. The lowest BCUT2D eigenvalue weighted by Crippen LogP contribution is -2.56. The zero-order valence-electron chi connectivity index (χ0n) is 18.8. The average molecular weight is 509 g/mol. The maximum absolute atomic E-state index is 13.8. The highest BCUT2D eigenvalue weighted by atomic mass is 35.5. The maximum Gasteiger partial charge on any atom is 0.273 e. The number of ketones is 1. The molecule has 4 aliphatic carbocycles. The zero-order valence-corrected chi connectivity index (χ0v) is 20.3. The van der Waals surface area contributed by atoms with Gasteiger partial charge in [0.15, 0.2) is 5.78 Å². The van der Waals surface area contributed by atoms with E-state index in [1.807, 2.05) is 0 Å². The van der Waals surface area contributed by atoms with Gasteiger partial charge in [-0.15, -0.1) is 0 Å². The van der Waals surface area contributed by atoms with E-state index in [1.165, 1.54) is 19.1 Å². The zero-order chi connectivity index (χ0) is 24.6. The van der Waals surface area contributed by atoms with Crippen LogP contribution in [0.3, 0.4) is 0 Å². The van der Waals surface area contributed by atoms with Crippen molar-refractivity contribution in [2.24, 2.45) is 35.5 Å². The Balaban J connectivity index is 1.40. The van der Waals surface area contributed by atoms with E-state index >= 15 is 0 Å². The lowest BCUT2D eigenvalue weighted by Gasteiger charge is -2.37. The summed E-state index contributed by atoms with van der Waals surface area (Å²) in [5.74, 6) is -1.92. The van der Waals surface area contributed by atoms with Gasteiger partial charge in [0.25, 0.3) is 17.7 Å². The van der Waals surface area contributed by atoms with Crippen molar-refractivity contribution in [3.05, 3.63) is 81.9 Å². The first-order valence-electron chi connectivity index (χ1n) is 11.7. The highest BCUT2D eigenvalue weighted by Crippen LogP contribution is 2.65. The largest absolute Gasteiger partial charge is 0.292 e. The summed E-state index contributed by atoms with van der Waals surface area (Å²) in [7, 11) is 0. The van der Waals surface area contributed by atoms with Crippen LogP contribution in [0.2, 0.25) is 10.0 Å². The van der Waals surface area contributed by atoms with Gasteiger partial charge in [-0.1, -0.05) is 35.4 Å². The number of halogens is 2. The van der Waals surface area contributed by atoms with Crippen molar-refractivity contribution in [3.8, 4) is 0 Å². The van der Waals surface area contributed by atoms with Crippen LogP contribution in [0.1, 0.15) is 34.1 Å². The molecule has 1 aliphatic heterocycles. The number of carbonyl (C=O) groups is 4. The summed E-state index contributed by atoms with van der Waals surface area (Å²) < 4.78 is 0. The molecule has 0 spiro atoms. The molecule has 1 saturated heterocycles. The third-order valence-corrected chi connectivity index (χ3v) is 8.53. The van der Waals surface area contributed by atoms with Crippen LogP contribution in [0, 0.1) is 35.5 Å². The van der Waals surface area contributed by atoms with Gasteiger partial charge in [-0.3, -0.25) is 19.2 Å². The molecule has 1 heterocycles. The summed E-state index contributed by atoms with van der Waals surface area (Å²) in [4.78, 5) is 54.8. The maximum atomic E-state index is 13.8. The summed E-state index contributed by atoms with van der Waals surface area (Å²) >= 11 is 12.0. The summed E-state index contributed by atoms with van der Waals surface area (Å²) in [6.45, 7) is 1.54. The van der Waals surface area contributed by atoms with Gasteiger partial charge < -0.3 is 0 Å². The molecule has 2 aromatic rings. The van der Waals surface area contributed by atoms with E-state index in [-0.39, 0.29) is 17.4 Å². The monoisotopic (exact) mass is 508 g/mol. The van der Waals surface area contributed by atoms with Gasteiger partial charge in [-0.25, -0.2) is 5.01 Å². The summed E-state index contributed by atoms with van der Waals surface area (Å²) in [5, 5.41) is 2.93. The van der Waals surface area contributed by atoms with Crippen LogP contribution in [-0.4, -0.2) is 39.6 Å². The standard InChI is InChI=1S/C27H22Cl2N2O4/c1-13(24(32)14-2-6-16(28)7-3-14)30(25(33)15-4-8-17(29)9-5-15)31-26(34)22-18-10-11-19(21-12-20(18)21)23(22)27(31)35/h2-11,13,18-23H,12H2,1H3/t13-,18+,19+,20-,21+,22-,23+/m1/s1. The van der Waals surface area contributed by atoms with E-state index in [4.69, 9.17) is 23.2 Å².